The largest absolute Gasteiger partial charge is 0.507 e. The number of nitrogens with zero attached hydrogens (tertiary/aromatic N) is 2. The lowest BCUT2D eigenvalue weighted by atomic mass is 9.96. The molecule has 0 heterocycles. The van der Waals surface area contributed by atoms with Gasteiger partial charge in [-0.25, -0.2) is 0 Å². The summed E-state index contributed by atoms with van der Waals surface area (Å²) in [4.78, 5) is 9.12. The van der Waals surface area contributed by atoms with Crippen LogP contribution in [0.25, 0.3) is 11.5 Å². The summed E-state index contributed by atoms with van der Waals surface area (Å²) in [5.41, 5.74) is 10.1. The summed E-state index contributed by atoms with van der Waals surface area (Å²) in [5, 5.41) is 21.2. The fourth-order valence-corrected chi connectivity index (χ4v) is 4.46. The number of hydrogen-bond donors (Lipinski definition) is 2. The van der Waals surface area contributed by atoms with Crippen LogP contribution in [0.1, 0.15) is 71.7 Å². The van der Waals surface area contributed by atoms with E-state index in [1.54, 1.807) is 12.2 Å². The Bertz CT molecular complexity index is 1100. The molecule has 0 spiro atoms. The van der Waals surface area contributed by atoms with Crippen LogP contribution in [0.15, 0.2) is 46.4 Å². The van der Waals surface area contributed by atoms with Crippen molar-refractivity contribution in [3.05, 3.63) is 80.9 Å². The van der Waals surface area contributed by atoms with Gasteiger partial charge in [0.25, 0.3) is 0 Å². The van der Waals surface area contributed by atoms with E-state index in [4.69, 9.17) is 0 Å². The van der Waals surface area contributed by atoms with Crippen molar-refractivity contribution in [3.63, 3.8) is 0 Å². The van der Waals surface area contributed by atoms with Gasteiger partial charge in [-0.2, -0.15) is 0 Å². The predicted octanol–water partition coefficient (Wildman–Crippen LogP) is 7.60. The summed E-state index contributed by atoms with van der Waals surface area (Å²) in [6.07, 6.45) is 5.25. The van der Waals surface area contributed by atoms with E-state index in [2.05, 4.69) is 48.1 Å². The van der Waals surface area contributed by atoms with Crippen molar-refractivity contribution in [2.45, 2.75) is 68.2 Å². The molecular weight excluding hydrogens is 420 g/mol. The number of benzene rings is 2. The Hall–Kier alpha value is -3.14. The zero-order valence-corrected chi connectivity index (χ0v) is 22.1. The van der Waals surface area contributed by atoms with Gasteiger partial charge in [-0.05, 0) is 89.1 Å². The maximum Gasteiger partial charge on any atom is 0.125 e. The van der Waals surface area contributed by atoms with Crippen molar-refractivity contribution in [2.24, 2.45) is 9.98 Å². The first-order chi connectivity index (χ1) is 16.0. The van der Waals surface area contributed by atoms with E-state index in [1.807, 2.05) is 41.5 Å². The number of aryl methyl sites for hydroxylation is 6. The average Bonchev–Trinajstić information content (AvgIpc) is 2.71. The molecule has 2 aromatic rings. The summed E-state index contributed by atoms with van der Waals surface area (Å²) < 4.78 is 0. The van der Waals surface area contributed by atoms with E-state index < -0.39 is 0 Å². The molecule has 0 radical (unpaired) electrons. The number of aliphatic hydroxyl groups excluding tert-OH is 2. The van der Waals surface area contributed by atoms with E-state index >= 15 is 0 Å². The SMILES string of the molecule is CCc1cc(C)c(/C(O)=C/C(C)=N/CCC/N=C(C)/C=C(\O)c2c(C)cc(C)cc2C)c(C)c1. The van der Waals surface area contributed by atoms with Crippen LogP contribution in [0.4, 0.5) is 0 Å². The molecule has 0 amide bonds. The first-order valence-electron chi connectivity index (χ1n) is 12.1. The second-order valence-electron chi connectivity index (χ2n) is 9.19. The summed E-state index contributed by atoms with van der Waals surface area (Å²) in [6, 6.07) is 8.42. The summed E-state index contributed by atoms with van der Waals surface area (Å²) >= 11 is 0. The zero-order valence-electron chi connectivity index (χ0n) is 22.1. The Balaban J connectivity index is 1.98. The maximum absolute atomic E-state index is 10.7. The molecule has 4 heteroatoms. The number of hydrogen-bond acceptors (Lipinski definition) is 4. The second-order valence-corrected chi connectivity index (χ2v) is 9.19. The zero-order chi connectivity index (χ0) is 25.4. The first kappa shape index (κ1) is 27.1. The Morgan fingerprint density at radius 3 is 1.47 bits per heavy atom. The number of allylic oxidation sites excluding steroid dienone is 2. The first-order valence-corrected chi connectivity index (χ1v) is 12.1. The number of aliphatic imine (C=N–C) groups is 2. The molecule has 0 unspecified atom stereocenters. The molecule has 34 heavy (non-hydrogen) atoms. The van der Waals surface area contributed by atoms with Gasteiger partial charge in [0.05, 0.1) is 0 Å². The molecule has 0 fully saturated rings. The molecule has 2 aromatic carbocycles. The monoisotopic (exact) mass is 460 g/mol. The van der Waals surface area contributed by atoms with Crippen LogP contribution in [-0.2, 0) is 6.42 Å². The number of aliphatic hydroxyl groups is 2. The van der Waals surface area contributed by atoms with E-state index in [0.717, 1.165) is 57.6 Å². The minimum Gasteiger partial charge on any atom is -0.507 e. The van der Waals surface area contributed by atoms with Gasteiger partial charge in [0.15, 0.2) is 0 Å². The molecule has 0 aliphatic carbocycles. The summed E-state index contributed by atoms with van der Waals surface area (Å²) in [5.74, 6) is 0.512. The highest BCUT2D eigenvalue weighted by molar-refractivity contribution is 5.99. The van der Waals surface area contributed by atoms with Gasteiger partial charge < -0.3 is 10.2 Å². The lowest BCUT2D eigenvalue weighted by molar-refractivity contribution is 0.510. The lowest BCUT2D eigenvalue weighted by Crippen LogP contribution is -1.99. The number of rotatable bonds is 9. The molecule has 0 aliphatic rings. The minimum absolute atomic E-state index is 0.253. The van der Waals surface area contributed by atoms with Crippen LogP contribution < -0.4 is 0 Å². The van der Waals surface area contributed by atoms with Gasteiger partial charge >= 0.3 is 0 Å². The molecule has 0 saturated carbocycles. The van der Waals surface area contributed by atoms with Crippen LogP contribution in [0.3, 0.4) is 0 Å². The topological polar surface area (TPSA) is 65.2 Å². The van der Waals surface area contributed by atoms with Crippen molar-refractivity contribution in [1.82, 2.24) is 0 Å². The Morgan fingerprint density at radius 1 is 0.706 bits per heavy atom. The second kappa shape index (κ2) is 12.4. The fourth-order valence-electron chi connectivity index (χ4n) is 4.46. The van der Waals surface area contributed by atoms with Crippen molar-refractivity contribution in [3.8, 4) is 0 Å². The standard InChI is InChI=1S/C30H40N2O2/c1-9-26-15-22(5)30(23(6)16-26)28(34)18-25(8)32-12-10-11-31-24(7)17-27(33)29-20(3)13-19(2)14-21(29)4/h13-18,33-34H,9-12H2,1-8H3/b27-17-,28-18-,31-24+,32-25+. The minimum atomic E-state index is 0.253. The predicted molar refractivity (Wildman–Crippen MR) is 148 cm³/mol. The average molecular weight is 461 g/mol. The van der Waals surface area contributed by atoms with E-state index in [0.29, 0.717) is 13.1 Å². The molecule has 0 atom stereocenters. The third-order valence-electron chi connectivity index (χ3n) is 5.92. The van der Waals surface area contributed by atoms with E-state index in [-0.39, 0.29) is 11.5 Å². The molecule has 0 saturated heterocycles. The van der Waals surface area contributed by atoms with Crippen LogP contribution >= 0.6 is 0 Å². The molecular formula is C30H40N2O2. The van der Waals surface area contributed by atoms with Crippen molar-refractivity contribution in [2.75, 3.05) is 13.1 Å². The lowest BCUT2D eigenvalue weighted by Gasteiger charge is -2.11. The van der Waals surface area contributed by atoms with Gasteiger partial charge in [-0.15, -0.1) is 0 Å². The summed E-state index contributed by atoms with van der Waals surface area (Å²) in [7, 11) is 0. The normalized spacial score (nSPS) is 13.5. The molecule has 2 N–H and O–H groups in total. The third kappa shape index (κ3) is 7.44. The quantitative estimate of drug-likeness (QED) is 0.230. The Morgan fingerprint density at radius 2 is 1.09 bits per heavy atom. The van der Waals surface area contributed by atoms with Crippen LogP contribution in [-0.4, -0.2) is 34.7 Å². The molecule has 4 nitrogen and oxygen atoms in total. The highest BCUT2D eigenvalue weighted by atomic mass is 16.3. The Labute approximate surface area is 205 Å². The van der Waals surface area contributed by atoms with E-state index in [1.165, 1.54) is 11.1 Å². The molecule has 0 aliphatic heterocycles. The highest BCUT2D eigenvalue weighted by Gasteiger charge is 2.10. The van der Waals surface area contributed by atoms with Crippen LogP contribution in [0.2, 0.25) is 0 Å². The third-order valence-corrected chi connectivity index (χ3v) is 5.92. The van der Waals surface area contributed by atoms with Gasteiger partial charge in [0, 0.05) is 47.8 Å². The molecule has 2 rings (SSSR count). The van der Waals surface area contributed by atoms with Gasteiger partial charge in [-0.1, -0.05) is 36.8 Å². The van der Waals surface area contributed by atoms with Crippen molar-refractivity contribution in [1.29, 1.82) is 0 Å². The van der Waals surface area contributed by atoms with Crippen LogP contribution in [0.5, 0.6) is 0 Å². The fraction of sp³-hybridized carbons (Fsp3) is 0.400. The Kier molecular flexibility index (Phi) is 9.85. The van der Waals surface area contributed by atoms with Gasteiger partial charge in [0.2, 0.25) is 0 Å². The van der Waals surface area contributed by atoms with Gasteiger partial charge in [0.1, 0.15) is 11.5 Å². The maximum atomic E-state index is 10.7. The molecule has 0 bridgehead atoms. The van der Waals surface area contributed by atoms with Crippen LogP contribution in [0, 0.1) is 34.6 Å². The van der Waals surface area contributed by atoms with Crippen molar-refractivity contribution >= 4 is 22.9 Å². The highest BCUT2D eigenvalue weighted by Crippen LogP contribution is 2.24. The molecule has 0 aromatic heterocycles. The smallest absolute Gasteiger partial charge is 0.125 e. The van der Waals surface area contributed by atoms with Gasteiger partial charge in [-0.3, -0.25) is 9.98 Å². The summed E-state index contributed by atoms with van der Waals surface area (Å²) in [6.45, 7) is 17.4. The van der Waals surface area contributed by atoms with Crippen molar-refractivity contribution < 1.29 is 10.2 Å². The van der Waals surface area contributed by atoms with E-state index in [9.17, 15) is 10.2 Å². The molecule has 182 valence electrons.